The molecule has 4 heterocycles. The van der Waals surface area contributed by atoms with Gasteiger partial charge in [0.15, 0.2) is 0 Å². The van der Waals surface area contributed by atoms with Crippen LogP contribution < -0.4 is 16.0 Å². The van der Waals surface area contributed by atoms with Crippen molar-refractivity contribution in [1.82, 2.24) is 15.3 Å². The number of H-pyrrole nitrogens is 2. The second kappa shape index (κ2) is 13.8. The summed E-state index contributed by atoms with van der Waals surface area (Å²) in [5, 5.41) is 24.3. The predicted octanol–water partition coefficient (Wildman–Crippen LogP) is 5.34. The molecule has 0 fully saturated rings. The van der Waals surface area contributed by atoms with E-state index in [1.807, 2.05) is 73.6 Å². The van der Waals surface area contributed by atoms with E-state index in [9.17, 15) is 29.4 Å². The lowest BCUT2D eigenvalue weighted by atomic mass is 9.77. The van der Waals surface area contributed by atoms with Crippen LogP contribution in [0.4, 0.5) is 0 Å². The molecule has 48 heavy (non-hydrogen) atoms. The lowest BCUT2D eigenvalue weighted by molar-refractivity contribution is -0.145. The maximum Gasteiger partial charge on any atom is 0.307 e. The number of rotatable bonds is 11. The fraction of sp³-hybridized carbons (Fsp3) is 0.447. The maximum absolute atomic E-state index is 12.5. The molecule has 2 aliphatic rings. The Morgan fingerprint density at radius 2 is 1.50 bits per heavy atom. The number of aliphatic carboxylic acids is 2. The van der Waals surface area contributed by atoms with Gasteiger partial charge in [-0.05, 0) is 110 Å². The minimum Gasteiger partial charge on any atom is -0.481 e. The Hall–Kier alpha value is -4.73. The van der Waals surface area contributed by atoms with Gasteiger partial charge in [0.1, 0.15) is 0 Å². The topological polar surface area (TPSA) is 165 Å². The van der Waals surface area contributed by atoms with Gasteiger partial charge in [-0.3, -0.25) is 19.2 Å². The molecule has 0 aromatic carbocycles. The smallest absolute Gasteiger partial charge is 0.307 e. The van der Waals surface area contributed by atoms with Crippen LogP contribution in [0.3, 0.4) is 0 Å². The highest BCUT2D eigenvalue weighted by Crippen LogP contribution is 2.33. The highest BCUT2D eigenvalue weighted by atomic mass is 16.4. The quantitative estimate of drug-likeness (QED) is 0.219. The molecule has 0 saturated heterocycles. The molecule has 0 spiro atoms. The minimum absolute atomic E-state index is 0.0917. The van der Waals surface area contributed by atoms with Crippen LogP contribution >= 0.6 is 0 Å². The number of amides is 2. The third kappa shape index (κ3) is 7.07. The number of hydrogen-bond donors (Lipinski definition) is 5. The average Bonchev–Trinajstić information content (AvgIpc) is 3.63. The Morgan fingerprint density at radius 1 is 0.854 bits per heavy atom. The van der Waals surface area contributed by atoms with E-state index in [2.05, 4.69) is 20.3 Å². The van der Waals surface area contributed by atoms with Gasteiger partial charge < -0.3 is 25.5 Å². The van der Waals surface area contributed by atoms with Crippen molar-refractivity contribution in [3.05, 3.63) is 72.3 Å². The summed E-state index contributed by atoms with van der Waals surface area (Å²) in [6.45, 7) is 19.0. The van der Waals surface area contributed by atoms with Gasteiger partial charge in [0, 0.05) is 38.9 Å². The Balaban J connectivity index is 2.02. The lowest BCUT2D eigenvalue weighted by Gasteiger charge is -2.27. The number of aliphatic imine (C=N–C) groups is 1. The maximum atomic E-state index is 12.5. The number of carbonyl (C=O) groups is 4. The van der Waals surface area contributed by atoms with Gasteiger partial charge in [-0.25, -0.2) is 4.99 Å². The molecule has 256 valence electrons. The summed E-state index contributed by atoms with van der Waals surface area (Å²) < 4.78 is 0. The Morgan fingerprint density at radius 3 is 2.06 bits per heavy atom. The zero-order chi connectivity index (χ0) is 35.8. The number of carbonyl (C=O) groups excluding carboxylic acids is 2. The van der Waals surface area contributed by atoms with Crippen LogP contribution in [0.15, 0.2) is 33.0 Å². The van der Waals surface area contributed by atoms with Gasteiger partial charge in [0.25, 0.3) is 11.8 Å². The fourth-order valence-electron chi connectivity index (χ4n) is 6.87. The Kier molecular flexibility index (Phi) is 10.4. The van der Waals surface area contributed by atoms with Crippen molar-refractivity contribution >= 4 is 47.7 Å². The normalized spacial score (nSPS) is 18.4. The first-order chi connectivity index (χ1) is 22.4. The van der Waals surface area contributed by atoms with E-state index < -0.39 is 23.3 Å². The first kappa shape index (κ1) is 36.1. The number of hydrogen-bond acceptors (Lipinski definition) is 4. The van der Waals surface area contributed by atoms with E-state index in [-0.39, 0.29) is 30.6 Å². The first-order valence-corrected chi connectivity index (χ1v) is 16.5. The molecule has 2 aromatic heterocycles. The highest BCUT2D eigenvalue weighted by Gasteiger charge is 2.33. The van der Waals surface area contributed by atoms with Crippen molar-refractivity contribution in [2.45, 2.75) is 101 Å². The number of aromatic nitrogens is 2. The van der Waals surface area contributed by atoms with Crippen LogP contribution in [0.5, 0.6) is 0 Å². The van der Waals surface area contributed by atoms with Crippen molar-refractivity contribution < 1.29 is 29.4 Å². The summed E-state index contributed by atoms with van der Waals surface area (Å²) in [5.74, 6) is -3.27. The third-order valence-corrected chi connectivity index (χ3v) is 9.78. The van der Waals surface area contributed by atoms with Crippen LogP contribution in [0.1, 0.15) is 114 Å². The van der Waals surface area contributed by atoms with E-state index in [4.69, 9.17) is 0 Å². The standard InChI is InChI=1S/C38H48N4O6/c1-11-23-20(5)35(45)41-29(23)15-27-19(4)25(14-26(37(47)48)38(8,9)10)31(39-27)17-32-34(18(3)13-33(43)44)22(7)28(40-32)16-30-24(12-2)21(6)36(46)42-30/h15-18,26,39-40H,11-14H2,1-10H3,(H,42,46)(H,43,44)(H,47,48)/b27-15+,30-16+,31-17-/t18-,26-/m0/s1. The summed E-state index contributed by atoms with van der Waals surface area (Å²) in [6.07, 6.45) is 7.13. The molecule has 5 N–H and O–H groups in total. The van der Waals surface area contributed by atoms with Gasteiger partial charge in [-0.15, -0.1) is 0 Å². The van der Waals surface area contributed by atoms with Gasteiger partial charge in [0.05, 0.1) is 18.1 Å². The van der Waals surface area contributed by atoms with Crippen molar-refractivity contribution in [1.29, 1.82) is 0 Å². The van der Waals surface area contributed by atoms with Crippen molar-refractivity contribution in [2.24, 2.45) is 16.3 Å². The SMILES string of the molecule is CCC1=C(C)C(=O)N=C1/C=c1/[nH]/c(=C\c2[nH]c(/C=C3/NC(=O)C(C)=C3CC)c(C)c2[C@@H](C)CC(=O)O)c(C[C@@H](C(=O)O)C(C)(C)C)c1C. The van der Waals surface area contributed by atoms with Crippen LogP contribution in [0, 0.1) is 25.2 Å². The van der Waals surface area contributed by atoms with Crippen LogP contribution in [0.25, 0.3) is 18.2 Å². The molecule has 10 nitrogen and oxygen atoms in total. The molecule has 2 atom stereocenters. The largest absolute Gasteiger partial charge is 0.481 e. The molecule has 2 amide bonds. The summed E-state index contributed by atoms with van der Waals surface area (Å²) in [7, 11) is 0. The zero-order valence-electron chi connectivity index (χ0n) is 29.7. The van der Waals surface area contributed by atoms with Crippen LogP contribution in [-0.2, 0) is 25.6 Å². The monoisotopic (exact) mass is 656 g/mol. The number of carboxylic acid groups (broad SMARTS) is 2. The van der Waals surface area contributed by atoms with Crippen LogP contribution in [0.2, 0.25) is 0 Å². The molecule has 2 aliphatic heterocycles. The van der Waals surface area contributed by atoms with E-state index in [0.29, 0.717) is 51.8 Å². The molecular formula is C38H48N4O6. The Labute approximate surface area is 281 Å². The average molecular weight is 657 g/mol. The number of nitrogens with zero attached hydrogens (tertiary/aromatic N) is 1. The van der Waals surface area contributed by atoms with Crippen molar-refractivity contribution in [3.63, 3.8) is 0 Å². The van der Waals surface area contributed by atoms with Gasteiger partial charge in [-0.2, -0.15) is 0 Å². The minimum atomic E-state index is -0.923. The summed E-state index contributed by atoms with van der Waals surface area (Å²) >= 11 is 0. The lowest BCUT2D eigenvalue weighted by Crippen LogP contribution is -2.32. The molecule has 0 saturated carbocycles. The summed E-state index contributed by atoms with van der Waals surface area (Å²) in [5.41, 5.74) is 8.61. The second-order valence-electron chi connectivity index (χ2n) is 14.0. The molecule has 0 radical (unpaired) electrons. The van der Waals surface area contributed by atoms with E-state index in [0.717, 1.165) is 39.1 Å². The fourth-order valence-corrected chi connectivity index (χ4v) is 6.87. The van der Waals surface area contributed by atoms with Crippen molar-refractivity contribution in [3.8, 4) is 0 Å². The molecular weight excluding hydrogens is 608 g/mol. The van der Waals surface area contributed by atoms with E-state index in [1.165, 1.54) is 0 Å². The predicted molar refractivity (Wildman–Crippen MR) is 188 cm³/mol. The van der Waals surface area contributed by atoms with Crippen LogP contribution in [-0.4, -0.2) is 49.6 Å². The third-order valence-electron chi connectivity index (χ3n) is 9.78. The number of allylic oxidation sites excluding steroid dienone is 2. The molecule has 0 aliphatic carbocycles. The number of carboxylic acids is 2. The molecule has 2 aromatic rings. The van der Waals surface area contributed by atoms with Gasteiger partial charge >= 0.3 is 11.9 Å². The highest BCUT2D eigenvalue weighted by molar-refractivity contribution is 6.30. The van der Waals surface area contributed by atoms with Gasteiger partial charge in [-0.1, -0.05) is 41.5 Å². The molecule has 0 unspecified atom stereocenters. The zero-order valence-corrected chi connectivity index (χ0v) is 29.7. The summed E-state index contributed by atoms with van der Waals surface area (Å²) in [4.78, 5) is 60.6. The number of aromatic amines is 2. The molecule has 4 rings (SSSR count). The second-order valence-corrected chi connectivity index (χ2v) is 14.0. The Bertz CT molecular complexity index is 1950. The summed E-state index contributed by atoms with van der Waals surface area (Å²) in [6, 6.07) is 0. The van der Waals surface area contributed by atoms with E-state index in [1.54, 1.807) is 13.8 Å². The van der Waals surface area contributed by atoms with Crippen molar-refractivity contribution in [2.75, 3.05) is 0 Å². The van der Waals surface area contributed by atoms with E-state index >= 15 is 0 Å². The van der Waals surface area contributed by atoms with Gasteiger partial charge in [0.2, 0.25) is 0 Å². The molecule has 0 bridgehead atoms. The number of nitrogens with one attached hydrogen (secondary N) is 3. The molecule has 10 heteroatoms. The first-order valence-electron chi connectivity index (χ1n) is 16.5.